The molecule has 3 rings (SSSR count). The maximum atomic E-state index is 12.5. The lowest BCUT2D eigenvalue weighted by Gasteiger charge is -2.42. The predicted molar refractivity (Wildman–Crippen MR) is 101 cm³/mol. The monoisotopic (exact) mass is 444 g/mol. The Labute approximate surface area is 157 Å². The van der Waals surface area contributed by atoms with Gasteiger partial charge in [-0.05, 0) is 81.2 Å². The Morgan fingerprint density at radius 3 is 2.38 bits per heavy atom. The first kappa shape index (κ1) is 17.7. The van der Waals surface area contributed by atoms with Gasteiger partial charge in [0.15, 0.2) is 5.82 Å². The third kappa shape index (κ3) is 3.75. The Balaban J connectivity index is 1.68. The molecule has 2 bridgehead atoms. The molecule has 2 fully saturated rings. The van der Waals surface area contributed by atoms with Crippen molar-refractivity contribution in [3.05, 3.63) is 15.8 Å². The van der Waals surface area contributed by atoms with Crippen LogP contribution in [0, 0.1) is 3.70 Å². The molecule has 0 aliphatic carbocycles. The van der Waals surface area contributed by atoms with Crippen molar-refractivity contribution in [3.8, 4) is 0 Å². The topological polar surface area (TPSA) is 58.6 Å². The molecule has 1 aromatic heterocycles. The molecule has 0 aromatic carbocycles. The number of carbonyl (C=O) groups excluding carboxylic acids is 1. The number of piperidine rings is 1. The molecule has 2 aliphatic rings. The van der Waals surface area contributed by atoms with Crippen LogP contribution in [-0.2, 0) is 4.74 Å². The highest BCUT2D eigenvalue weighted by Gasteiger charge is 2.45. The average molecular weight is 444 g/mol. The van der Waals surface area contributed by atoms with E-state index in [1.807, 2.05) is 37.8 Å². The van der Waals surface area contributed by atoms with E-state index in [9.17, 15) is 4.79 Å². The van der Waals surface area contributed by atoms with Crippen LogP contribution in [-0.4, -0.2) is 52.0 Å². The summed E-state index contributed by atoms with van der Waals surface area (Å²) in [5.41, 5.74) is -0.444. The van der Waals surface area contributed by atoms with Crippen LogP contribution in [0.25, 0.3) is 0 Å². The molecule has 0 saturated carbocycles. The first-order valence-corrected chi connectivity index (χ1v) is 9.56. The SMILES string of the molecule is CN(c1ccc(I)nn1)C1CC2CCC(C1)N2C(=O)OC(C)(C)C. The van der Waals surface area contributed by atoms with Crippen molar-refractivity contribution in [2.45, 2.75) is 70.2 Å². The van der Waals surface area contributed by atoms with Gasteiger partial charge in [0.1, 0.15) is 9.30 Å². The molecule has 0 spiro atoms. The van der Waals surface area contributed by atoms with Gasteiger partial charge in [-0.15, -0.1) is 10.2 Å². The fourth-order valence-corrected chi connectivity index (χ4v) is 4.05. The van der Waals surface area contributed by atoms with Crippen LogP contribution in [0.5, 0.6) is 0 Å². The molecule has 3 heterocycles. The standard InChI is InChI=1S/C17H25IN4O2/c1-17(2,3)24-16(23)22-11-5-6-12(22)10-13(9-11)21(4)15-8-7-14(18)19-20-15/h7-8,11-13H,5-6,9-10H2,1-4H3. The van der Waals surface area contributed by atoms with Gasteiger partial charge in [-0.2, -0.15) is 0 Å². The van der Waals surface area contributed by atoms with Gasteiger partial charge in [-0.25, -0.2) is 4.79 Å². The van der Waals surface area contributed by atoms with Crippen molar-refractivity contribution >= 4 is 34.5 Å². The zero-order valence-corrected chi connectivity index (χ0v) is 16.9. The lowest BCUT2D eigenvalue weighted by atomic mass is 9.96. The van der Waals surface area contributed by atoms with E-state index in [2.05, 4.69) is 44.7 Å². The van der Waals surface area contributed by atoms with E-state index in [0.29, 0.717) is 6.04 Å². The summed E-state index contributed by atoms with van der Waals surface area (Å²) < 4.78 is 6.49. The summed E-state index contributed by atoms with van der Waals surface area (Å²) in [4.78, 5) is 16.7. The molecule has 0 N–H and O–H groups in total. The summed E-state index contributed by atoms with van der Waals surface area (Å²) in [6.07, 6.45) is 3.88. The second kappa shape index (κ2) is 6.65. The van der Waals surface area contributed by atoms with Crippen LogP contribution in [0.1, 0.15) is 46.5 Å². The van der Waals surface area contributed by atoms with Crippen LogP contribution in [0.4, 0.5) is 10.6 Å². The minimum absolute atomic E-state index is 0.162. The quantitative estimate of drug-likeness (QED) is 0.655. The molecule has 6 nitrogen and oxygen atoms in total. The maximum Gasteiger partial charge on any atom is 0.410 e. The molecule has 2 atom stereocenters. The summed E-state index contributed by atoms with van der Waals surface area (Å²) in [6, 6.07) is 4.90. The van der Waals surface area contributed by atoms with Crippen molar-refractivity contribution < 1.29 is 9.53 Å². The predicted octanol–water partition coefficient (Wildman–Crippen LogP) is 3.45. The lowest BCUT2D eigenvalue weighted by molar-refractivity contribution is 0.00597. The van der Waals surface area contributed by atoms with Crippen molar-refractivity contribution in [2.75, 3.05) is 11.9 Å². The van der Waals surface area contributed by atoms with Gasteiger partial charge in [-0.1, -0.05) is 0 Å². The van der Waals surface area contributed by atoms with Crippen LogP contribution in [0.15, 0.2) is 12.1 Å². The highest BCUT2D eigenvalue weighted by Crippen LogP contribution is 2.39. The summed E-state index contributed by atoms with van der Waals surface area (Å²) in [7, 11) is 2.07. The van der Waals surface area contributed by atoms with Crippen molar-refractivity contribution in [1.29, 1.82) is 0 Å². The van der Waals surface area contributed by atoms with E-state index in [-0.39, 0.29) is 18.2 Å². The van der Waals surface area contributed by atoms with Gasteiger partial charge in [0.25, 0.3) is 0 Å². The van der Waals surface area contributed by atoms with Gasteiger partial charge in [0, 0.05) is 25.2 Å². The van der Waals surface area contributed by atoms with Gasteiger partial charge in [0.2, 0.25) is 0 Å². The van der Waals surface area contributed by atoms with Gasteiger partial charge in [-0.3, -0.25) is 0 Å². The first-order chi connectivity index (χ1) is 11.2. The van der Waals surface area contributed by atoms with Crippen molar-refractivity contribution in [1.82, 2.24) is 15.1 Å². The fraction of sp³-hybridized carbons (Fsp3) is 0.706. The zero-order valence-electron chi connectivity index (χ0n) is 14.7. The molecular weight excluding hydrogens is 419 g/mol. The molecule has 2 unspecified atom stereocenters. The summed E-state index contributed by atoms with van der Waals surface area (Å²) >= 11 is 2.16. The Bertz CT molecular complexity index is 588. The van der Waals surface area contributed by atoms with Crippen molar-refractivity contribution in [3.63, 3.8) is 0 Å². The number of halogens is 1. The molecule has 2 saturated heterocycles. The summed E-state index contributed by atoms with van der Waals surface area (Å²) in [5.74, 6) is 0.894. The number of aromatic nitrogens is 2. The number of carbonyl (C=O) groups is 1. The molecule has 132 valence electrons. The Hall–Kier alpha value is -1.12. The fourth-order valence-electron chi connectivity index (χ4n) is 3.76. The number of ether oxygens (including phenoxy) is 1. The number of amides is 1. The van der Waals surface area contributed by atoms with E-state index < -0.39 is 5.60 Å². The largest absolute Gasteiger partial charge is 0.444 e. The van der Waals surface area contributed by atoms with Crippen LogP contribution < -0.4 is 4.90 Å². The lowest BCUT2D eigenvalue weighted by Crippen LogP contribution is -2.53. The summed E-state index contributed by atoms with van der Waals surface area (Å²) in [6.45, 7) is 5.76. The number of fused-ring (bicyclic) bond motifs is 2. The van der Waals surface area contributed by atoms with E-state index in [0.717, 1.165) is 35.2 Å². The van der Waals surface area contributed by atoms with Gasteiger partial charge in [0.05, 0.1) is 0 Å². The van der Waals surface area contributed by atoms with E-state index in [1.165, 1.54) is 0 Å². The number of nitrogens with zero attached hydrogens (tertiary/aromatic N) is 4. The minimum atomic E-state index is -0.444. The molecule has 0 radical (unpaired) electrons. The Morgan fingerprint density at radius 2 is 1.88 bits per heavy atom. The number of rotatable bonds is 2. The van der Waals surface area contributed by atoms with Gasteiger partial charge < -0.3 is 14.5 Å². The van der Waals surface area contributed by atoms with E-state index in [4.69, 9.17) is 4.74 Å². The highest BCUT2D eigenvalue weighted by atomic mass is 127. The third-order valence-electron chi connectivity index (χ3n) is 4.84. The van der Waals surface area contributed by atoms with Crippen LogP contribution in [0.2, 0.25) is 0 Å². The number of hydrogen-bond donors (Lipinski definition) is 0. The van der Waals surface area contributed by atoms with Crippen LogP contribution in [0.3, 0.4) is 0 Å². The molecule has 2 aliphatic heterocycles. The molecule has 1 amide bonds. The van der Waals surface area contributed by atoms with Crippen molar-refractivity contribution in [2.24, 2.45) is 0 Å². The van der Waals surface area contributed by atoms with E-state index in [1.54, 1.807) is 0 Å². The number of anilines is 1. The second-order valence-corrected chi connectivity index (χ2v) is 8.83. The molecular formula is C17H25IN4O2. The highest BCUT2D eigenvalue weighted by molar-refractivity contribution is 14.1. The first-order valence-electron chi connectivity index (χ1n) is 8.48. The zero-order chi connectivity index (χ0) is 17.5. The van der Waals surface area contributed by atoms with Crippen LogP contribution >= 0.6 is 22.6 Å². The maximum absolute atomic E-state index is 12.5. The Kier molecular flexibility index (Phi) is 4.90. The molecule has 7 heteroatoms. The van der Waals surface area contributed by atoms with Gasteiger partial charge >= 0.3 is 6.09 Å². The molecule has 1 aromatic rings. The number of hydrogen-bond acceptors (Lipinski definition) is 5. The smallest absolute Gasteiger partial charge is 0.410 e. The normalized spacial score (nSPS) is 26.4. The third-order valence-corrected chi connectivity index (χ3v) is 5.41. The average Bonchev–Trinajstić information content (AvgIpc) is 2.76. The Morgan fingerprint density at radius 1 is 1.25 bits per heavy atom. The second-order valence-electron chi connectivity index (χ2n) is 7.72. The summed E-state index contributed by atoms with van der Waals surface area (Å²) in [5, 5.41) is 8.43. The van der Waals surface area contributed by atoms with E-state index >= 15 is 0 Å². The minimum Gasteiger partial charge on any atom is -0.444 e. The molecule has 24 heavy (non-hydrogen) atoms.